The average Bonchev–Trinajstić information content (AvgIpc) is 2.82. The van der Waals surface area contributed by atoms with Gasteiger partial charge in [0.15, 0.2) is 0 Å². The first kappa shape index (κ1) is 26.8. The number of aliphatic hydroxyl groups is 1. The van der Waals surface area contributed by atoms with Gasteiger partial charge in [-0.2, -0.15) is 0 Å². The summed E-state index contributed by atoms with van der Waals surface area (Å²) in [5, 5.41) is 65.2. The number of benzene rings is 2. The third kappa shape index (κ3) is 9.45. The van der Waals surface area contributed by atoms with E-state index in [9.17, 15) is 20.4 Å². The summed E-state index contributed by atoms with van der Waals surface area (Å²) in [5.74, 6) is -1.27. The molecule has 0 radical (unpaired) electrons. The molecule has 0 saturated carbocycles. The predicted octanol–water partition coefficient (Wildman–Crippen LogP) is 6.90. The fraction of sp³-hybridized carbons (Fsp3) is 0.375. The normalized spacial score (nSPS) is 25.3. The van der Waals surface area contributed by atoms with Gasteiger partial charge in [0.1, 0.15) is 34.5 Å². The first-order valence-electron chi connectivity index (χ1n) is 14.2. The van der Waals surface area contributed by atoms with E-state index in [0.29, 0.717) is 24.3 Å². The second-order valence-corrected chi connectivity index (χ2v) is 10.5. The Morgan fingerprint density at radius 3 is 1.77 bits per heavy atom. The van der Waals surface area contributed by atoms with Crippen LogP contribution in [0.4, 0.5) is 0 Å². The molecule has 0 aromatic heterocycles. The Morgan fingerprint density at radius 1 is 0.846 bits per heavy atom. The first-order chi connectivity index (χ1) is 19.3. The first-order valence-corrected chi connectivity index (χ1v) is 12.7. The molecule has 0 aliphatic heterocycles. The lowest BCUT2D eigenvalue weighted by atomic mass is 9.74. The van der Waals surface area contributed by atoms with E-state index < -0.39 is 18.4 Å². The van der Waals surface area contributed by atoms with Crippen molar-refractivity contribution < 1.29 is 39.9 Å². The fourth-order valence-electron chi connectivity index (χ4n) is 4.64. The molecule has 212 valence electrons. The van der Waals surface area contributed by atoms with Gasteiger partial charge in [0.05, 0.1) is 5.60 Å². The van der Waals surface area contributed by atoms with Crippen molar-refractivity contribution >= 4 is 0 Å². The van der Waals surface area contributed by atoms with Gasteiger partial charge >= 0.3 is 0 Å². The van der Waals surface area contributed by atoms with Crippen molar-refractivity contribution in [3.63, 3.8) is 0 Å². The van der Waals surface area contributed by atoms with Crippen molar-refractivity contribution in [2.24, 2.45) is 11.8 Å². The van der Waals surface area contributed by atoms with E-state index in [-0.39, 0.29) is 46.0 Å². The highest BCUT2D eigenvalue weighted by Crippen LogP contribution is 2.47. The van der Waals surface area contributed by atoms with E-state index >= 15 is 0 Å². The molecule has 0 bridgehead atoms. The van der Waals surface area contributed by atoms with Crippen molar-refractivity contribution in [1.82, 2.24) is 0 Å². The molecule has 7 heteroatoms. The summed E-state index contributed by atoms with van der Waals surface area (Å²) in [7, 11) is 0. The molecule has 7 N–H and O–H groups in total. The lowest BCUT2D eigenvalue weighted by Gasteiger charge is -2.31. The maximum Gasteiger partial charge on any atom is 0.126 e. The number of aromatic hydroxyl groups is 6. The minimum Gasteiger partial charge on any atom is -0.508 e. The zero-order valence-corrected chi connectivity index (χ0v) is 22.7. The second kappa shape index (κ2) is 13.3. The van der Waals surface area contributed by atoms with Crippen LogP contribution in [0.15, 0.2) is 78.4 Å². The van der Waals surface area contributed by atoms with Crippen LogP contribution in [0, 0.1) is 11.8 Å². The van der Waals surface area contributed by atoms with Gasteiger partial charge in [-0.1, -0.05) is 48.1 Å². The third-order valence-electron chi connectivity index (χ3n) is 6.80. The van der Waals surface area contributed by atoms with Crippen molar-refractivity contribution in [2.45, 2.75) is 64.8 Å². The van der Waals surface area contributed by atoms with Gasteiger partial charge in [-0.3, -0.25) is 0 Å². The Kier molecular flexibility index (Phi) is 9.12. The van der Waals surface area contributed by atoms with Crippen LogP contribution < -0.4 is 0 Å². The SMILES string of the molecule is C=C(C)[C@H]1C=C[C@@](C)(O)CC1.Oc1cc(O)cc(O)c1.[2H]C([2H])([2H])C1=C[C@@H](c2c(O)cc(O)cc2O)[C@H](C(=C)C)CC1. The highest BCUT2D eigenvalue weighted by atomic mass is 16.3. The van der Waals surface area contributed by atoms with Crippen LogP contribution in [0.1, 0.15) is 68.9 Å². The lowest BCUT2D eigenvalue weighted by molar-refractivity contribution is 0.0903. The summed E-state index contributed by atoms with van der Waals surface area (Å²) in [6.07, 6.45) is 8.44. The Bertz CT molecular complexity index is 1270. The fourth-order valence-corrected chi connectivity index (χ4v) is 4.64. The maximum absolute atomic E-state index is 10.1. The molecule has 0 unspecified atom stereocenters. The molecule has 2 aliphatic rings. The Balaban J connectivity index is 0.000000255. The summed E-state index contributed by atoms with van der Waals surface area (Å²) in [6, 6.07) is 5.70. The highest BCUT2D eigenvalue weighted by Gasteiger charge is 2.30. The summed E-state index contributed by atoms with van der Waals surface area (Å²) < 4.78 is 22.7. The Labute approximate surface area is 235 Å². The molecule has 0 saturated heterocycles. The largest absolute Gasteiger partial charge is 0.508 e. The van der Waals surface area contributed by atoms with E-state index in [1.165, 1.54) is 5.57 Å². The zero-order chi connectivity index (χ0) is 32.0. The standard InChI is InChI=1S/C16H20O3.C10H16O.C6H6O3/c1-9(2)12-5-4-10(3)6-13(12)16-14(18)7-11(17)8-15(16)19;1-8(2)9-4-6-10(3,11)7-5-9;7-4-1-5(8)3-6(9)2-4/h6-8,12-13,17-19H,1,4-5H2,2-3H3;4,6,9,11H,1,5,7H2,2-3H3;1-3,7-9H/t12-,13+;9-,10+;/m00./s1/i3D3;;. The van der Waals surface area contributed by atoms with Gasteiger partial charge in [-0.05, 0) is 65.1 Å². The molecule has 0 fully saturated rings. The van der Waals surface area contributed by atoms with Crippen molar-refractivity contribution in [1.29, 1.82) is 0 Å². The number of hydrogen-bond acceptors (Lipinski definition) is 7. The van der Waals surface area contributed by atoms with Crippen LogP contribution in [-0.4, -0.2) is 41.3 Å². The topological polar surface area (TPSA) is 142 Å². The summed E-state index contributed by atoms with van der Waals surface area (Å²) in [6.45, 7) is 11.4. The molecule has 2 aromatic rings. The van der Waals surface area contributed by atoms with Gasteiger partial charge in [-0.25, -0.2) is 0 Å². The van der Waals surface area contributed by atoms with E-state index in [0.717, 1.165) is 48.7 Å². The van der Waals surface area contributed by atoms with E-state index in [1.807, 2.05) is 26.8 Å². The van der Waals surface area contributed by atoms with Gasteiger partial charge in [0, 0.05) is 45.9 Å². The van der Waals surface area contributed by atoms with E-state index in [4.69, 9.17) is 19.4 Å². The number of rotatable bonds is 3. The molecule has 0 heterocycles. The molecule has 2 aromatic carbocycles. The molecular formula is C32H42O7. The van der Waals surface area contributed by atoms with Crippen molar-refractivity contribution in [3.8, 4) is 34.5 Å². The van der Waals surface area contributed by atoms with Crippen LogP contribution in [-0.2, 0) is 0 Å². The highest BCUT2D eigenvalue weighted by molar-refractivity contribution is 5.53. The molecule has 39 heavy (non-hydrogen) atoms. The molecular weight excluding hydrogens is 496 g/mol. The average molecular weight is 542 g/mol. The summed E-state index contributed by atoms with van der Waals surface area (Å²) >= 11 is 0. The predicted molar refractivity (Wildman–Crippen MR) is 154 cm³/mol. The molecule has 7 nitrogen and oxygen atoms in total. The van der Waals surface area contributed by atoms with E-state index in [2.05, 4.69) is 19.2 Å². The maximum atomic E-state index is 10.1. The van der Waals surface area contributed by atoms with Crippen LogP contribution in [0.25, 0.3) is 0 Å². The Morgan fingerprint density at radius 2 is 1.36 bits per heavy atom. The molecule has 2 aliphatic carbocycles. The summed E-state index contributed by atoms with van der Waals surface area (Å²) in [4.78, 5) is 0. The van der Waals surface area contributed by atoms with Crippen molar-refractivity contribution in [2.75, 3.05) is 0 Å². The van der Waals surface area contributed by atoms with E-state index in [1.54, 1.807) is 6.08 Å². The number of hydrogen-bond donors (Lipinski definition) is 7. The minimum atomic E-state index is -2.19. The van der Waals surface area contributed by atoms with Crippen LogP contribution in [0.2, 0.25) is 0 Å². The summed E-state index contributed by atoms with van der Waals surface area (Å²) in [5.41, 5.74) is 2.02. The quantitative estimate of drug-likeness (QED) is 0.210. The number of phenolic OH excluding ortho intramolecular Hbond substituents is 6. The zero-order valence-electron chi connectivity index (χ0n) is 25.7. The molecule has 0 amide bonds. The molecule has 4 rings (SSSR count). The number of phenols is 6. The number of allylic oxidation sites excluding steroid dienone is 5. The smallest absolute Gasteiger partial charge is 0.126 e. The van der Waals surface area contributed by atoms with Gasteiger partial charge in [-0.15, -0.1) is 0 Å². The minimum absolute atomic E-state index is 0.0764. The monoisotopic (exact) mass is 541 g/mol. The Hall–Kier alpha value is -3.84. The van der Waals surface area contributed by atoms with Crippen LogP contribution in [0.3, 0.4) is 0 Å². The third-order valence-corrected chi connectivity index (χ3v) is 6.80. The van der Waals surface area contributed by atoms with Gasteiger partial charge < -0.3 is 35.7 Å². The van der Waals surface area contributed by atoms with Gasteiger partial charge in [0.2, 0.25) is 0 Å². The lowest BCUT2D eigenvalue weighted by Crippen LogP contribution is -2.25. The van der Waals surface area contributed by atoms with Gasteiger partial charge in [0.25, 0.3) is 0 Å². The van der Waals surface area contributed by atoms with Crippen LogP contribution >= 0.6 is 0 Å². The second-order valence-electron chi connectivity index (χ2n) is 10.5. The van der Waals surface area contributed by atoms with Crippen LogP contribution in [0.5, 0.6) is 34.5 Å². The van der Waals surface area contributed by atoms with Crippen molar-refractivity contribution in [3.05, 3.63) is 84.0 Å². The molecule has 0 spiro atoms. The molecule has 4 atom stereocenters.